The molecule has 4 heteroatoms. The summed E-state index contributed by atoms with van der Waals surface area (Å²) in [5.41, 5.74) is 0. The standard InChI is InChI=1S/C14H24O4/c1-8-3-5-10(7-18-17)13-11(14(15)16)6-4-9(2)12(8)13/h8-13,17H,3-7H2,1-2H3,(H,15,16). The molecule has 18 heavy (non-hydrogen) atoms. The van der Waals surface area contributed by atoms with Crippen molar-refractivity contribution in [3.8, 4) is 0 Å². The van der Waals surface area contributed by atoms with E-state index in [9.17, 15) is 9.90 Å². The molecule has 0 amide bonds. The molecule has 0 aliphatic heterocycles. The van der Waals surface area contributed by atoms with Crippen molar-refractivity contribution in [2.45, 2.75) is 39.5 Å². The van der Waals surface area contributed by atoms with Crippen LogP contribution in [0.25, 0.3) is 0 Å². The van der Waals surface area contributed by atoms with Gasteiger partial charge in [0.15, 0.2) is 0 Å². The molecule has 2 rings (SSSR count). The molecule has 4 nitrogen and oxygen atoms in total. The first-order chi connectivity index (χ1) is 8.56. The summed E-state index contributed by atoms with van der Waals surface area (Å²) in [5, 5.41) is 18.2. The highest BCUT2D eigenvalue weighted by molar-refractivity contribution is 5.70. The highest BCUT2D eigenvalue weighted by Gasteiger charge is 2.48. The highest BCUT2D eigenvalue weighted by atomic mass is 17.1. The maximum Gasteiger partial charge on any atom is 0.306 e. The molecule has 0 saturated heterocycles. The van der Waals surface area contributed by atoms with Crippen LogP contribution in [0.15, 0.2) is 0 Å². The van der Waals surface area contributed by atoms with Crippen LogP contribution in [0.1, 0.15) is 39.5 Å². The fourth-order valence-corrected chi connectivity index (χ4v) is 4.50. The van der Waals surface area contributed by atoms with E-state index in [1.165, 1.54) is 0 Å². The van der Waals surface area contributed by atoms with Crippen LogP contribution in [0.5, 0.6) is 0 Å². The first-order valence-electron chi connectivity index (χ1n) is 7.05. The summed E-state index contributed by atoms with van der Waals surface area (Å²) in [6.07, 6.45) is 3.87. The number of carboxylic acid groups (broad SMARTS) is 1. The number of hydrogen-bond donors (Lipinski definition) is 2. The molecule has 0 spiro atoms. The minimum Gasteiger partial charge on any atom is -0.481 e. The van der Waals surface area contributed by atoms with E-state index in [0.29, 0.717) is 17.8 Å². The molecule has 2 aliphatic rings. The Kier molecular flexibility index (Phi) is 4.28. The Hall–Kier alpha value is -0.610. The molecule has 0 aromatic carbocycles. The summed E-state index contributed by atoms with van der Waals surface area (Å²) in [6, 6.07) is 0. The van der Waals surface area contributed by atoms with Gasteiger partial charge in [-0.15, -0.1) is 0 Å². The molecule has 6 unspecified atom stereocenters. The Bertz CT molecular complexity index is 300. The third-order valence-corrected chi connectivity index (χ3v) is 5.30. The van der Waals surface area contributed by atoms with Crippen molar-refractivity contribution in [3.05, 3.63) is 0 Å². The number of aliphatic carboxylic acids is 1. The van der Waals surface area contributed by atoms with Crippen LogP contribution in [-0.2, 0) is 9.68 Å². The summed E-state index contributed by atoms with van der Waals surface area (Å²) in [4.78, 5) is 15.8. The molecule has 0 aromatic rings. The average Bonchev–Trinajstić information content (AvgIpc) is 2.32. The van der Waals surface area contributed by atoms with E-state index in [1.54, 1.807) is 0 Å². The zero-order valence-electron chi connectivity index (χ0n) is 11.2. The highest BCUT2D eigenvalue weighted by Crippen LogP contribution is 2.51. The van der Waals surface area contributed by atoms with Crippen molar-refractivity contribution in [2.75, 3.05) is 6.61 Å². The van der Waals surface area contributed by atoms with Gasteiger partial charge in [0, 0.05) is 0 Å². The lowest BCUT2D eigenvalue weighted by Gasteiger charge is -2.50. The molecular weight excluding hydrogens is 232 g/mol. The maximum absolute atomic E-state index is 11.5. The van der Waals surface area contributed by atoms with Crippen LogP contribution in [0, 0.1) is 35.5 Å². The van der Waals surface area contributed by atoms with Gasteiger partial charge in [-0.3, -0.25) is 10.1 Å². The summed E-state index contributed by atoms with van der Waals surface area (Å²) >= 11 is 0. The number of carboxylic acids is 1. The van der Waals surface area contributed by atoms with Gasteiger partial charge in [-0.2, -0.15) is 0 Å². The van der Waals surface area contributed by atoms with Gasteiger partial charge in [0.2, 0.25) is 0 Å². The summed E-state index contributed by atoms with van der Waals surface area (Å²) < 4.78 is 0. The van der Waals surface area contributed by atoms with Crippen molar-refractivity contribution in [1.29, 1.82) is 0 Å². The fourth-order valence-electron chi connectivity index (χ4n) is 4.50. The second-order valence-electron chi connectivity index (χ2n) is 6.26. The van der Waals surface area contributed by atoms with E-state index >= 15 is 0 Å². The van der Waals surface area contributed by atoms with Gasteiger partial charge in [0.1, 0.15) is 0 Å². The number of carbonyl (C=O) groups is 1. The molecule has 2 fully saturated rings. The van der Waals surface area contributed by atoms with Crippen molar-refractivity contribution >= 4 is 5.97 Å². The third kappa shape index (κ3) is 2.41. The van der Waals surface area contributed by atoms with E-state index in [-0.39, 0.29) is 24.4 Å². The van der Waals surface area contributed by atoms with Gasteiger partial charge in [0.05, 0.1) is 12.5 Å². The molecule has 6 atom stereocenters. The Balaban J connectivity index is 2.25. The summed E-state index contributed by atoms with van der Waals surface area (Å²) in [7, 11) is 0. The van der Waals surface area contributed by atoms with Gasteiger partial charge in [-0.25, -0.2) is 4.89 Å². The van der Waals surface area contributed by atoms with Gasteiger partial charge < -0.3 is 5.11 Å². The lowest BCUT2D eigenvalue weighted by Crippen LogP contribution is -2.48. The largest absolute Gasteiger partial charge is 0.481 e. The predicted molar refractivity (Wildman–Crippen MR) is 67.0 cm³/mol. The van der Waals surface area contributed by atoms with Crippen molar-refractivity contribution < 1.29 is 20.0 Å². The third-order valence-electron chi connectivity index (χ3n) is 5.30. The van der Waals surface area contributed by atoms with Crippen LogP contribution >= 0.6 is 0 Å². The van der Waals surface area contributed by atoms with Crippen LogP contribution in [0.4, 0.5) is 0 Å². The monoisotopic (exact) mass is 256 g/mol. The molecule has 104 valence electrons. The molecule has 0 radical (unpaired) electrons. The molecule has 2 aliphatic carbocycles. The molecular formula is C14H24O4. The number of fused-ring (bicyclic) bond motifs is 1. The lowest BCUT2D eigenvalue weighted by molar-refractivity contribution is -0.260. The van der Waals surface area contributed by atoms with E-state index < -0.39 is 5.97 Å². The average molecular weight is 256 g/mol. The summed E-state index contributed by atoms with van der Waals surface area (Å²) in [6.45, 7) is 4.77. The van der Waals surface area contributed by atoms with Gasteiger partial charge in [0.25, 0.3) is 0 Å². The minimum absolute atomic E-state index is 0.169. The first-order valence-corrected chi connectivity index (χ1v) is 7.05. The van der Waals surface area contributed by atoms with Crippen LogP contribution in [0.2, 0.25) is 0 Å². The van der Waals surface area contributed by atoms with E-state index in [2.05, 4.69) is 18.7 Å². The Morgan fingerprint density at radius 1 is 1.11 bits per heavy atom. The summed E-state index contributed by atoms with van der Waals surface area (Å²) in [5.74, 6) is 1.07. The molecule has 2 N–H and O–H groups in total. The van der Waals surface area contributed by atoms with Crippen molar-refractivity contribution in [2.24, 2.45) is 35.5 Å². The Morgan fingerprint density at radius 3 is 2.28 bits per heavy atom. The second kappa shape index (κ2) is 5.57. The van der Waals surface area contributed by atoms with Gasteiger partial charge in [-0.1, -0.05) is 20.3 Å². The predicted octanol–water partition coefficient (Wildman–Crippen LogP) is 2.89. The fraction of sp³-hybridized carbons (Fsp3) is 0.929. The molecule has 0 aromatic heterocycles. The Labute approximate surface area is 108 Å². The van der Waals surface area contributed by atoms with E-state index in [1.807, 2.05) is 0 Å². The molecule has 2 saturated carbocycles. The minimum atomic E-state index is -0.672. The lowest BCUT2D eigenvalue weighted by atomic mass is 9.55. The Morgan fingerprint density at radius 2 is 1.72 bits per heavy atom. The van der Waals surface area contributed by atoms with Gasteiger partial charge in [-0.05, 0) is 48.9 Å². The first kappa shape index (κ1) is 13.8. The number of hydrogen-bond acceptors (Lipinski definition) is 3. The van der Waals surface area contributed by atoms with Crippen LogP contribution in [0.3, 0.4) is 0 Å². The SMILES string of the molecule is CC1CCC(COO)C2C(C(=O)O)CCC(C)C12. The smallest absolute Gasteiger partial charge is 0.306 e. The van der Waals surface area contributed by atoms with Crippen LogP contribution < -0.4 is 0 Å². The quantitative estimate of drug-likeness (QED) is 0.602. The molecule has 0 heterocycles. The van der Waals surface area contributed by atoms with Crippen molar-refractivity contribution in [1.82, 2.24) is 0 Å². The van der Waals surface area contributed by atoms with Crippen LogP contribution in [-0.4, -0.2) is 22.9 Å². The van der Waals surface area contributed by atoms with E-state index in [0.717, 1.165) is 25.7 Å². The van der Waals surface area contributed by atoms with Gasteiger partial charge >= 0.3 is 5.97 Å². The number of rotatable bonds is 3. The maximum atomic E-state index is 11.5. The molecule has 0 bridgehead atoms. The second-order valence-corrected chi connectivity index (χ2v) is 6.26. The zero-order valence-corrected chi connectivity index (χ0v) is 11.2. The van der Waals surface area contributed by atoms with E-state index in [4.69, 9.17) is 5.26 Å². The zero-order chi connectivity index (χ0) is 13.3. The topological polar surface area (TPSA) is 66.8 Å². The van der Waals surface area contributed by atoms with Crippen molar-refractivity contribution in [3.63, 3.8) is 0 Å². The normalized spacial score (nSPS) is 44.4.